The molecular formula is C12H27N3Si. The van der Waals surface area contributed by atoms with E-state index in [0.717, 1.165) is 18.1 Å². The van der Waals surface area contributed by atoms with Crippen LogP contribution in [0.15, 0.2) is 4.78 Å². The fourth-order valence-electron chi connectivity index (χ4n) is 2.75. The molecule has 0 aliphatic rings. The van der Waals surface area contributed by atoms with Gasteiger partial charge in [0.25, 0.3) is 0 Å². The van der Waals surface area contributed by atoms with Crippen molar-refractivity contribution in [1.82, 2.24) is 0 Å². The summed E-state index contributed by atoms with van der Waals surface area (Å²) in [5.74, 6) is 1.90. The molecule has 0 heterocycles. The first kappa shape index (κ1) is 15.5. The second-order valence-corrected chi connectivity index (χ2v) is 10.1. The van der Waals surface area contributed by atoms with Crippen LogP contribution in [0.25, 0.3) is 10.4 Å². The van der Waals surface area contributed by atoms with Gasteiger partial charge in [0, 0.05) is 0 Å². The molecule has 0 amide bonds. The maximum absolute atomic E-state index is 8.83. The molecule has 0 spiro atoms. The number of hydrogen-bond donors (Lipinski definition) is 0. The van der Waals surface area contributed by atoms with Crippen molar-refractivity contribution in [2.45, 2.75) is 59.7 Å². The summed E-state index contributed by atoms with van der Waals surface area (Å²) in [5.41, 5.74) is 8.83. The molecule has 0 aliphatic carbocycles. The summed E-state index contributed by atoms with van der Waals surface area (Å²) >= 11 is 0. The number of hydrogen-bond acceptors (Lipinski definition) is 1. The Balaban J connectivity index is 4.95. The van der Waals surface area contributed by atoms with E-state index in [1.54, 1.807) is 0 Å². The Labute approximate surface area is 101 Å². The predicted molar refractivity (Wildman–Crippen MR) is 73.8 cm³/mol. The molecule has 0 aromatic rings. The van der Waals surface area contributed by atoms with E-state index in [-0.39, 0.29) is 0 Å². The van der Waals surface area contributed by atoms with Crippen molar-refractivity contribution in [2.75, 3.05) is 0 Å². The fraction of sp³-hybridized carbons (Fsp3) is 1.00. The molecule has 0 radical (unpaired) electrons. The lowest BCUT2D eigenvalue weighted by atomic mass is 10.2. The van der Waals surface area contributed by atoms with Crippen molar-refractivity contribution in [2.24, 2.45) is 22.5 Å². The first-order valence-electron chi connectivity index (χ1n) is 6.37. The largest absolute Gasteiger partial charge is 0.156 e. The zero-order valence-electron chi connectivity index (χ0n) is 11.7. The average Bonchev–Trinajstić information content (AvgIpc) is 1.98. The van der Waals surface area contributed by atoms with Crippen LogP contribution in [0.3, 0.4) is 0 Å². The lowest BCUT2D eigenvalue weighted by molar-refractivity contribution is 0.640. The van der Waals surface area contributed by atoms with Crippen LogP contribution < -0.4 is 0 Å². The third-order valence-electron chi connectivity index (χ3n) is 2.62. The van der Waals surface area contributed by atoms with Gasteiger partial charge in [-0.25, -0.2) is 0 Å². The molecule has 16 heavy (non-hydrogen) atoms. The number of rotatable bonds is 7. The summed E-state index contributed by atoms with van der Waals surface area (Å²) < 4.78 is 4.30. The molecule has 0 aromatic carbocycles. The van der Waals surface area contributed by atoms with Crippen molar-refractivity contribution >= 4 is 8.24 Å². The van der Waals surface area contributed by atoms with Crippen LogP contribution in [-0.2, 0) is 0 Å². The Bertz CT molecular complexity index is 216. The first-order chi connectivity index (χ1) is 7.31. The standard InChI is InChI=1S/C12H27N3Si/c1-10(2)7-16(15-14-13,8-11(3)4)9-12(5)6/h10-12H,7-9H2,1-6H3. The normalized spacial score (nSPS) is 12.3. The van der Waals surface area contributed by atoms with Crippen LogP contribution in [0.5, 0.6) is 0 Å². The third kappa shape index (κ3) is 6.18. The molecule has 0 aromatic heterocycles. The third-order valence-corrected chi connectivity index (χ3v) is 7.86. The van der Waals surface area contributed by atoms with Crippen LogP contribution in [0, 0.1) is 17.8 Å². The van der Waals surface area contributed by atoms with Gasteiger partial charge in [0.2, 0.25) is 0 Å². The Morgan fingerprint density at radius 1 is 0.875 bits per heavy atom. The van der Waals surface area contributed by atoms with Crippen LogP contribution in [0.1, 0.15) is 41.5 Å². The SMILES string of the molecule is CC(C)C[Si](CC(C)C)(CC(C)C)N=[N+]=[N-]. The second-order valence-electron chi connectivity index (χ2n) is 6.21. The summed E-state index contributed by atoms with van der Waals surface area (Å²) in [6.07, 6.45) is 0. The summed E-state index contributed by atoms with van der Waals surface area (Å²) in [7, 11) is -1.78. The van der Waals surface area contributed by atoms with E-state index < -0.39 is 8.24 Å². The van der Waals surface area contributed by atoms with Gasteiger partial charge in [0.05, 0.1) is 0 Å². The molecule has 0 fully saturated rings. The van der Waals surface area contributed by atoms with Gasteiger partial charge < -0.3 is 0 Å². The predicted octanol–water partition coefficient (Wildman–Crippen LogP) is 5.21. The Kier molecular flexibility index (Phi) is 6.76. The highest BCUT2D eigenvalue weighted by atomic mass is 28.3. The van der Waals surface area contributed by atoms with Gasteiger partial charge in [-0.05, 0) is 46.3 Å². The monoisotopic (exact) mass is 241 g/mol. The number of azide groups is 1. The maximum atomic E-state index is 8.83. The van der Waals surface area contributed by atoms with Crippen LogP contribution in [0.2, 0.25) is 18.1 Å². The average molecular weight is 241 g/mol. The van der Waals surface area contributed by atoms with E-state index in [4.69, 9.17) is 5.53 Å². The maximum Gasteiger partial charge on any atom is 0.156 e. The molecule has 0 N–H and O–H groups in total. The zero-order chi connectivity index (χ0) is 12.8. The lowest BCUT2D eigenvalue weighted by Gasteiger charge is -2.31. The Hall–Kier alpha value is -0.473. The molecule has 4 heteroatoms. The Morgan fingerprint density at radius 3 is 1.38 bits per heavy atom. The smallest absolute Gasteiger partial charge is 0.124 e. The number of nitrogens with zero attached hydrogens (tertiary/aromatic N) is 3. The van der Waals surface area contributed by atoms with E-state index in [0.29, 0.717) is 17.8 Å². The molecular weight excluding hydrogens is 214 g/mol. The first-order valence-corrected chi connectivity index (χ1v) is 8.94. The molecule has 0 unspecified atom stereocenters. The van der Waals surface area contributed by atoms with Crippen LogP contribution >= 0.6 is 0 Å². The van der Waals surface area contributed by atoms with E-state index in [9.17, 15) is 0 Å². The van der Waals surface area contributed by atoms with Gasteiger partial charge in [-0.15, -0.1) is 4.78 Å². The van der Waals surface area contributed by atoms with Gasteiger partial charge in [0.1, 0.15) is 0 Å². The van der Waals surface area contributed by atoms with Gasteiger partial charge >= 0.3 is 0 Å². The minimum Gasteiger partial charge on any atom is -0.124 e. The second kappa shape index (κ2) is 6.97. The van der Waals surface area contributed by atoms with Crippen LogP contribution in [0.4, 0.5) is 0 Å². The van der Waals surface area contributed by atoms with Crippen molar-refractivity contribution < 1.29 is 0 Å². The van der Waals surface area contributed by atoms with Crippen LogP contribution in [-0.4, -0.2) is 8.24 Å². The van der Waals surface area contributed by atoms with E-state index >= 15 is 0 Å². The topological polar surface area (TPSA) is 48.8 Å². The minimum absolute atomic E-state index is 0.634. The molecule has 94 valence electrons. The van der Waals surface area contributed by atoms with Gasteiger partial charge in [-0.3, -0.25) is 0 Å². The van der Waals surface area contributed by atoms with Gasteiger partial charge in [-0.1, -0.05) is 41.5 Å². The minimum atomic E-state index is -1.78. The highest BCUT2D eigenvalue weighted by Gasteiger charge is 2.34. The van der Waals surface area contributed by atoms with Crippen molar-refractivity contribution in [1.29, 1.82) is 0 Å². The highest BCUT2D eigenvalue weighted by Crippen LogP contribution is 2.33. The van der Waals surface area contributed by atoms with Gasteiger partial charge in [0.15, 0.2) is 8.24 Å². The molecule has 0 saturated carbocycles. The quantitative estimate of drug-likeness (QED) is 0.254. The molecule has 0 bridgehead atoms. The lowest BCUT2D eigenvalue weighted by Crippen LogP contribution is -2.36. The summed E-state index contributed by atoms with van der Waals surface area (Å²) in [6, 6.07) is 3.40. The summed E-state index contributed by atoms with van der Waals surface area (Å²) in [4.78, 5) is 3.15. The van der Waals surface area contributed by atoms with E-state index in [1.807, 2.05) is 0 Å². The molecule has 3 nitrogen and oxygen atoms in total. The molecule has 0 atom stereocenters. The fourth-order valence-corrected chi connectivity index (χ4v) is 8.24. The van der Waals surface area contributed by atoms with Crippen molar-refractivity contribution in [3.63, 3.8) is 0 Å². The highest BCUT2D eigenvalue weighted by molar-refractivity contribution is 6.78. The van der Waals surface area contributed by atoms with E-state index in [1.165, 1.54) is 0 Å². The molecule has 0 aliphatic heterocycles. The molecule has 0 rings (SSSR count). The van der Waals surface area contributed by atoms with E-state index in [2.05, 4.69) is 51.2 Å². The Morgan fingerprint density at radius 2 is 1.19 bits per heavy atom. The summed E-state index contributed by atoms with van der Waals surface area (Å²) in [6.45, 7) is 13.4. The van der Waals surface area contributed by atoms with Crippen molar-refractivity contribution in [3.8, 4) is 0 Å². The van der Waals surface area contributed by atoms with Gasteiger partial charge in [-0.2, -0.15) is 0 Å². The van der Waals surface area contributed by atoms with Crippen molar-refractivity contribution in [3.05, 3.63) is 10.4 Å². The molecule has 0 saturated heterocycles. The zero-order valence-corrected chi connectivity index (χ0v) is 12.7. The summed E-state index contributed by atoms with van der Waals surface area (Å²) in [5, 5.41) is 0.